The number of para-hydroxylation sites is 1. The first-order valence-corrected chi connectivity index (χ1v) is 9.97. The van der Waals surface area contributed by atoms with Crippen molar-refractivity contribution in [3.8, 4) is 0 Å². The highest BCUT2D eigenvalue weighted by atomic mass is 16.1. The van der Waals surface area contributed by atoms with Gasteiger partial charge < -0.3 is 15.5 Å². The van der Waals surface area contributed by atoms with Crippen LogP contribution in [0.25, 0.3) is 0 Å². The highest BCUT2D eigenvalue weighted by Gasteiger charge is 2.09. The molecule has 3 rings (SSSR count). The second-order valence-electron chi connectivity index (χ2n) is 6.60. The predicted octanol–water partition coefficient (Wildman–Crippen LogP) is 4.88. The van der Waals surface area contributed by atoms with Gasteiger partial charge in [0.2, 0.25) is 5.95 Å². The van der Waals surface area contributed by atoms with Crippen molar-refractivity contribution in [2.75, 3.05) is 28.6 Å². The molecule has 29 heavy (non-hydrogen) atoms. The molecule has 6 nitrogen and oxygen atoms in total. The molecule has 150 valence electrons. The first-order valence-electron chi connectivity index (χ1n) is 9.97. The van der Waals surface area contributed by atoms with Crippen molar-refractivity contribution < 1.29 is 4.79 Å². The summed E-state index contributed by atoms with van der Waals surface area (Å²) in [5.74, 6) is 0.229. The minimum absolute atomic E-state index is 0.235. The molecule has 3 aromatic rings. The van der Waals surface area contributed by atoms with E-state index in [0.29, 0.717) is 11.5 Å². The van der Waals surface area contributed by atoms with E-state index in [9.17, 15) is 4.79 Å². The fourth-order valence-corrected chi connectivity index (χ4v) is 3.13. The van der Waals surface area contributed by atoms with Gasteiger partial charge in [-0.05, 0) is 56.2 Å². The van der Waals surface area contributed by atoms with E-state index in [1.54, 1.807) is 0 Å². The van der Waals surface area contributed by atoms with Crippen LogP contribution in [0.2, 0.25) is 0 Å². The third-order valence-corrected chi connectivity index (χ3v) is 4.81. The number of nitrogens with zero attached hydrogens (tertiary/aromatic N) is 3. The van der Waals surface area contributed by atoms with Crippen LogP contribution in [0.3, 0.4) is 0 Å². The number of carbonyl (C=O) groups excluding carboxylic acids is 1. The number of amides is 1. The summed E-state index contributed by atoms with van der Waals surface area (Å²) >= 11 is 0. The minimum atomic E-state index is -0.235. The van der Waals surface area contributed by atoms with Gasteiger partial charge in [-0.3, -0.25) is 4.79 Å². The van der Waals surface area contributed by atoms with Crippen LogP contribution in [0, 0.1) is 0 Å². The Labute approximate surface area is 172 Å². The number of nitrogens with one attached hydrogen (secondary N) is 2. The van der Waals surface area contributed by atoms with Crippen LogP contribution in [0.1, 0.15) is 36.7 Å². The zero-order chi connectivity index (χ0) is 20.6. The molecule has 6 heteroatoms. The lowest BCUT2D eigenvalue weighted by Crippen LogP contribution is -2.21. The smallest absolute Gasteiger partial charge is 0.258 e. The van der Waals surface area contributed by atoms with Crippen molar-refractivity contribution >= 4 is 28.9 Å². The maximum atomic E-state index is 12.5. The van der Waals surface area contributed by atoms with Gasteiger partial charge >= 0.3 is 0 Å². The maximum Gasteiger partial charge on any atom is 0.258 e. The molecule has 1 amide bonds. The number of anilines is 4. The van der Waals surface area contributed by atoms with Gasteiger partial charge in [0.1, 0.15) is 0 Å². The standard InChI is InChI=1S/C23H27N5O/c1-4-17-9-7-8-10-21(17)27-23-24-15-18(16-25-23)22(29)26-19-11-13-20(14-12-19)28(5-2)6-3/h7-16H,4-6H2,1-3H3,(H,26,29)(H,24,25,27). The van der Waals surface area contributed by atoms with E-state index in [-0.39, 0.29) is 5.91 Å². The van der Waals surface area contributed by atoms with Gasteiger partial charge in [-0.1, -0.05) is 25.1 Å². The number of benzene rings is 2. The summed E-state index contributed by atoms with van der Waals surface area (Å²) in [4.78, 5) is 23.3. The van der Waals surface area contributed by atoms with E-state index in [1.807, 2.05) is 42.5 Å². The van der Waals surface area contributed by atoms with E-state index in [0.717, 1.165) is 36.6 Å². The molecular formula is C23H27N5O. The van der Waals surface area contributed by atoms with Gasteiger partial charge in [-0.2, -0.15) is 0 Å². The second kappa shape index (κ2) is 9.68. The molecule has 0 aliphatic carbocycles. The summed E-state index contributed by atoms with van der Waals surface area (Å²) in [5, 5.41) is 6.10. The van der Waals surface area contributed by atoms with Gasteiger partial charge in [0.15, 0.2) is 0 Å². The third kappa shape index (κ3) is 5.10. The average Bonchev–Trinajstić information content (AvgIpc) is 2.76. The lowest BCUT2D eigenvalue weighted by molar-refractivity contribution is 0.102. The number of aromatic nitrogens is 2. The summed E-state index contributed by atoms with van der Waals surface area (Å²) in [7, 11) is 0. The van der Waals surface area contributed by atoms with E-state index < -0.39 is 0 Å². The molecule has 0 saturated heterocycles. The quantitative estimate of drug-likeness (QED) is 0.574. The molecule has 0 spiro atoms. The number of rotatable bonds is 8. The van der Waals surface area contributed by atoms with Gasteiger partial charge in [-0.25, -0.2) is 9.97 Å². The summed E-state index contributed by atoms with van der Waals surface area (Å²) < 4.78 is 0. The molecule has 1 aromatic heterocycles. The van der Waals surface area contributed by atoms with Crippen LogP contribution in [-0.2, 0) is 6.42 Å². The Kier molecular flexibility index (Phi) is 6.79. The van der Waals surface area contributed by atoms with Gasteiger partial charge in [0.25, 0.3) is 5.91 Å². The van der Waals surface area contributed by atoms with Crippen LogP contribution in [0.5, 0.6) is 0 Å². The molecule has 1 heterocycles. The molecule has 0 aliphatic heterocycles. The average molecular weight is 390 g/mol. The number of carbonyl (C=O) groups is 1. The summed E-state index contributed by atoms with van der Waals surface area (Å²) in [5.41, 5.74) is 4.45. The van der Waals surface area contributed by atoms with E-state index in [2.05, 4.69) is 52.3 Å². The van der Waals surface area contributed by atoms with E-state index >= 15 is 0 Å². The molecule has 0 aliphatic rings. The highest BCUT2D eigenvalue weighted by molar-refractivity contribution is 6.04. The molecule has 0 saturated carbocycles. The first-order chi connectivity index (χ1) is 14.1. The van der Waals surface area contributed by atoms with Crippen LogP contribution < -0.4 is 15.5 Å². The zero-order valence-corrected chi connectivity index (χ0v) is 17.1. The summed E-state index contributed by atoms with van der Waals surface area (Å²) in [6, 6.07) is 15.9. The van der Waals surface area contributed by atoms with Crippen molar-refractivity contribution in [2.24, 2.45) is 0 Å². The van der Waals surface area contributed by atoms with Crippen molar-refractivity contribution in [1.29, 1.82) is 0 Å². The minimum Gasteiger partial charge on any atom is -0.372 e. The Balaban J connectivity index is 1.64. The fraction of sp³-hybridized carbons (Fsp3) is 0.261. The molecule has 0 unspecified atom stereocenters. The number of aryl methyl sites for hydroxylation is 1. The van der Waals surface area contributed by atoms with Crippen LogP contribution in [0.4, 0.5) is 23.0 Å². The number of hydrogen-bond donors (Lipinski definition) is 2. The van der Waals surface area contributed by atoms with Crippen molar-refractivity contribution in [1.82, 2.24) is 9.97 Å². The van der Waals surface area contributed by atoms with E-state index in [1.165, 1.54) is 18.0 Å². The Morgan fingerprint density at radius 2 is 1.59 bits per heavy atom. The Hall–Kier alpha value is -3.41. The lowest BCUT2D eigenvalue weighted by Gasteiger charge is -2.21. The van der Waals surface area contributed by atoms with Gasteiger partial charge in [0, 0.05) is 42.5 Å². The van der Waals surface area contributed by atoms with Gasteiger partial charge in [-0.15, -0.1) is 0 Å². The Morgan fingerprint density at radius 3 is 2.21 bits per heavy atom. The lowest BCUT2D eigenvalue weighted by atomic mass is 10.1. The highest BCUT2D eigenvalue weighted by Crippen LogP contribution is 2.20. The van der Waals surface area contributed by atoms with Crippen molar-refractivity contribution in [3.05, 3.63) is 72.1 Å². The maximum absolute atomic E-state index is 12.5. The van der Waals surface area contributed by atoms with Crippen LogP contribution in [0.15, 0.2) is 60.9 Å². The Bertz CT molecular complexity index is 934. The topological polar surface area (TPSA) is 70.2 Å². The third-order valence-electron chi connectivity index (χ3n) is 4.81. The van der Waals surface area contributed by atoms with Crippen LogP contribution in [-0.4, -0.2) is 29.0 Å². The van der Waals surface area contributed by atoms with Gasteiger partial charge in [0.05, 0.1) is 5.56 Å². The SMILES string of the molecule is CCc1ccccc1Nc1ncc(C(=O)Nc2ccc(N(CC)CC)cc2)cn1. The first kappa shape index (κ1) is 20.3. The predicted molar refractivity (Wildman–Crippen MR) is 119 cm³/mol. The summed E-state index contributed by atoms with van der Waals surface area (Å²) in [6.45, 7) is 8.24. The van der Waals surface area contributed by atoms with Crippen molar-refractivity contribution in [3.63, 3.8) is 0 Å². The summed E-state index contributed by atoms with van der Waals surface area (Å²) in [6.07, 6.45) is 3.98. The zero-order valence-electron chi connectivity index (χ0n) is 17.1. The molecular weight excluding hydrogens is 362 g/mol. The fourth-order valence-electron chi connectivity index (χ4n) is 3.13. The molecule has 0 fully saturated rings. The molecule has 2 aromatic carbocycles. The van der Waals surface area contributed by atoms with Crippen molar-refractivity contribution in [2.45, 2.75) is 27.2 Å². The normalized spacial score (nSPS) is 10.4. The molecule has 2 N–H and O–H groups in total. The van der Waals surface area contributed by atoms with Crippen LogP contribution >= 0.6 is 0 Å². The monoisotopic (exact) mass is 389 g/mol. The largest absolute Gasteiger partial charge is 0.372 e. The Morgan fingerprint density at radius 1 is 0.931 bits per heavy atom. The van der Waals surface area contributed by atoms with E-state index in [4.69, 9.17) is 0 Å². The molecule has 0 radical (unpaired) electrons. The second-order valence-corrected chi connectivity index (χ2v) is 6.60. The molecule has 0 bridgehead atoms. The molecule has 0 atom stereocenters. The number of hydrogen-bond acceptors (Lipinski definition) is 5.